The van der Waals surface area contributed by atoms with E-state index >= 15 is 0 Å². The number of piperidine rings is 1. The number of likely N-dealkylation sites (tertiary alicyclic amines) is 1. The minimum Gasteiger partial charge on any atom is -0.451 e. The summed E-state index contributed by atoms with van der Waals surface area (Å²) < 4.78 is 5.77. The van der Waals surface area contributed by atoms with Gasteiger partial charge in [-0.1, -0.05) is 24.6 Å². The fourth-order valence-corrected chi connectivity index (χ4v) is 4.73. The number of ether oxygens (including phenoxy) is 1. The van der Waals surface area contributed by atoms with Crippen molar-refractivity contribution in [3.63, 3.8) is 0 Å². The van der Waals surface area contributed by atoms with Crippen molar-refractivity contribution >= 4 is 11.9 Å². The maximum atomic E-state index is 12.5. The summed E-state index contributed by atoms with van der Waals surface area (Å²) in [5.74, 6) is -0.0204. The van der Waals surface area contributed by atoms with Crippen molar-refractivity contribution in [2.45, 2.75) is 50.5 Å². The van der Waals surface area contributed by atoms with Crippen LogP contribution in [0.3, 0.4) is 0 Å². The standard InChI is InChI=1S/C21H28N2O3/c24-19(22-12-15-23-13-4-1-5-14-23)16-8-10-21(11-9-16)18-7-3-2-6-17(18)20(25)26-21/h2-3,6-7,16H,1,4-5,8-15H2,(H,22,24). The molecule has 26 heavy (non-hydrogen) atoms. The van der Waals surface area contributed by atoms with Gasteiger partial charge >= 0.3 is 5.97 Å². The molecule has 0 bridgehead atoms. The van der Waals surface area contributed by atoms with E-state index in [2.05, 4.69) is 10.2 Å². The third kappa shape index (κ3) is 3.37. The Hall–Kier alpha value is -1.88. The quantitative estimate of drug-likeness (QED) is 0.843. The number of nitrogens with zero attached hydrogens (tertiary/aromatic N) is 1. The molecule has 0 atom stereocenters. The van der Waals surface area contributed by atoms with Gasteiger partial charge in [-0.3, -0.25) is 4.79 Å². The molecule has 3 aliphatic rings. The van der Waals surface area contributed by atoms with Gasteiger partial charge in [0.15, 0.2) is 0 Å². The van der Waals surface area contributed by atoms with Crippen LogP contribution < -0.4 is 5.32 Å². The van der Waals surface area contributed by atoms with E-state index in [4.69, 9.17) is 4.74 Å². The monoisotopic (exact) mass is 356 g/mol. The minimum absolute atomic E-state index is 0.0356. The zero-order valence-electron chi connectivity index (χ0n) is 15.3. The van der Waals surface area contributed by atoms with Crippen molar-refractivity contribution in [1.82, 2.24) is 10.2 Å². The Morgan fingerprint density at radius 2 is 1.88 bits per heavy atom. The molecule has 2 fully saturated rings. The van der Waals surface area contributed by atoms with E-state index in [-0.39, 0.29) is 17.8 Å². The number of amides is 1. The van der Waals surface area contributed by atoms with E-state index in [1.165, 1.54) is 19.3 Å². The summed E-state index contributed by atoms with van der Waals surface area (Å²) in [6, 6.07) is 7.67. The molecule has 1 spiro atoms. The number of benzene rings is 1. The third-order valence-corrected chi connectivity index (χ3v) is 6.27. The van der Waals surface area contributed by atoms with Gasteiger partial charge in [-0.25, -0.2) is 4.79 Å². The molecule has 1 aliphatic carbocycles. The highest BCUT2D eigenvalue weighted by Crippen LogP contribution is 2.47. The van der Waals surface area contributed by atoms with Gasteiger partial charge in [0.1, 0.15) is 5.60 Å². The van der Waals surface area contributed by atoms with Gasteiger partial charge in [0, 0.05) is 24.6 Å². The van der Waals surface area contributed by atoms with Crippen molar-refractivity contribution in [3.8, 4) is 0 Å². The Labute approximate surface area is 155 Å². The second kappa shape index (κ2) is 7.39. The molecule has 1 saturated heterocycles. The minimum atomic E-state index is -0.502. The van der Waals surface area contributed by atoms with Gasteiger partial charge < -0.3 is 15.0 Å². The van der Waals surface area contributed by atoms with Crippen molar-refractivity contribution < 1.29 is 14.3 Å². The molecule has 4 rings (SSSR count). The normalized spacial score (nSPS) is 28.6. The first-order valence-electron chi connectivity index (χ1n) is 10.0. The number of hydrogen-bond donors (Lipinski definition) is 1. The summed E-state index contributed by atoms with van der Waals surface area (Å²) in [4.78, 5) is 27.1. The molecule has 5 heteroatoms. The number of rotatable bonds is 4. The third-order valence-electron chi connectivity index (χ3n) is 6.27. The van der Waals surface area contributed by atoms with E-state index in [0.717, 1.165) is 57.4 Å². The van der Waals surface area contributed by atoms with Gasteiger partial charge in [-0.15, -0.1) is 0 Å². The predicted octanol–water partition coefficient (Wildman–Crippen LogP) is 2.84. The summed E-state index contributed by atoms with van der Waals surface area (Å²) in [5, 5.41) is 3.12. The molecule has 140 valence electrons. The van der Waals surface area contributed by atoms with Crippen LogP contribution in [0.25, 0.3) is 0 Å². The van der Waals surface area contributed by atoms with Crippen LogP contribution in [0.4, 0.5) is 0 Å². The summed E-state index contributed by atoms with van der Waals surface area (Å²) in [5.41, 5.74) is 1.20. The van der Waals surface area contributed by atoms with Crippen LogP contribution in [-0.4, -0.2) is 43.0 Å². The molecule has 1 aromatic rings. The number of esters is 1. The van der Waals surface area contributed by atoms with E-state index in [0.29, 0.717) is 5.56 Å². The van der Waals surface area contributed by atoms with Gasteiger partial charge in [0.25, 0.3) is 0 Å². The van der Waals surface area contributed by atoms with Crippen LogP contribution in [0.2, 0.25) is 0 Å². The molecule has 0 unspecified atom stereocenters. The molecule has 2 heterocycles. The van der Waals surface area contributed by atoms with Crippen molar-refractivity contribution in [1.29, 1.82) is 0 Å². The largest absolute Gasteiger partial charge is 0.451 e. The van der Waals surface area contributed by atoms with E-state index in [1.54, 1.807) is 0 Å². The summed E-state index contributed by atoms with van der Waals surface area (Å²) >= 11 is 0. The number of carbonyl (C=O) groups excluding carboxylic acids is 2. The lowest BCUT2D eigenvalue weighted by molar-refractivity contribution is -0.128. The first-order valence-corrected chi connectivity index (χ1v) is 10.0. The maximum absolute atomic E-state index is 12.5. The van der Waals surface area contributed by atoms with Crippen LogP contribution in [0.1, 0.15) is 60.9 Å². The summed E-state index contributed by atoms with van der Waals surface area (Å²) in [6.07, 6.45) is 6.91. The number of carbonyl (C=O) groups is 2. The molecule has 5 nitrogen and oxygen atoms in total. The van der Waals surface area contributed by atoms with E-state index < -0.39 is 5.60 Å². The highest BCUT2D eigenvalue weighted by Gasteiger charge is 2.48. The average molecular weight is 356 g/mol. The summed E-state index contributed by atoms with van der Waals surface area (Å²) in [7, 11) is 0. The fourth-order valence-electron chi connectivity index (χ4n) is 4.73. The lowest BCUT2D eigenvalue weighted by Crippen LogP contribution is -2.42. The molecule has 0 aromatic heterocycles. The van der Waals surface area contributed by atoms with Crippen LogP contribution in [0.5, 0.6) is 0 Å². The van der Waals surface area contributed by atoms with Crippen LogP contribution >= 0.6 is 0 Å². The predicted molar refractivity (Wildman–Crippen MR) is 98.8 cm³/mol. The van der Waals surface area contributed by atoms with Crippen molar-refractivity contribution in [2.24, 2.45) is 5.92 Å². The second-order valence-corrected chi connectivity index (χ2v) is 7.90. The van der Waals surface area contributed by atoms with Gasteiger partial charge in [-0.05, 0) is 57.7 Å². The Morgan fingerprint density at radius 3 is 2.65 bits per heavy atom. The zero-order chi connectivity index (χ0) is 18.0. The molecule has 1 aromatic carbocycles. The van der Waals surface area contributed by atoms with E-state index in [9.17, 15) is 9.59 Å². The van der Waals surface area contributed by atoms with Crippen LogP contribution in [0, 0.1) is 5.92 Å². The van der Waals surface area contributed by atoms with Gasteiger partial charge in [0.05, 0.1) is 5.56 Å². The maximum Gasteiger partial charge on any atom is 0.339 e. The molecule has 1 N–H and O–H groups in total. The lowest BCUT2D eigenvalue weighted by atomic mass is 9.74. The molecular weight excluding hydrogens is 328 g/mol. The highest BCUT2D eigenvalue weighted by atomic mass is 16.6. The smallest absolute Gasteiger partial charge is 0.339 e. The first kappa shape index (κ1) is 17.5. The molecular formula is C21H28N2O3. The first-order chi connectivity index (χ1) is 12.7. The zero-order valence-corrected chi connectivity index (χ0v) is 15.3. The Bertz CT molecular complexity index is 674. The SMILES string of the molecule is O=C1OC2(CCC(C(=O)NCCN3CCCCC3)CC2)c2ccccc21. The van der Waals surface area contributed by atoms with E-state index in [1.807, 2.05) is 24.3 Å². The average Bonchev–Trinajstić information content (AvgIpc) is 2.95. The molecule has 0 radical (unpaired) electrons. The van der Waals surface area contributed by atoms with Crippen molar-refractivity contribution in [2.75, 3.05) is 26.2 Å². The van der Waals surface area contributed by atoms with Crippen molar-refractivity contribution in [3.05, 3.63) is 35.4 Å². The number of nitrogens with one attached hydrogen (secondary N) is 1. The second-order valence-electron chi connectivity index (χ2n) is 7.90. The Morgan fingerprint density at radius 1 is 1.15 bits per heavy atom. The number of fused-ring (bicyclic) bond motifs is 2. The van der Waals surface area contributed by atoms with Crippen LogP contribution in [-0.2, 0) is 15.1 Å². The molecule has 1 saturated carbocycles. The topological polar surface area (TPSA) is 58.6 Å². The Balaban J connectivity index is 1.28. The van der Waals surface area contributed by atoms with Gasteiger partial charge in [-0.2, -0.15) is 0 Å². The molecule has 1 amide bonds. The summed E-state index contributed by atoms with van der Waals surface area (Å²) in [6.45, 7) is 4.00. The molecule has 2 aliphatic heterocycles. The van der Waals surface area contributed by atoms with Gasteiger partial charge in [0.2, 0.25) is 5.91 Å². The van der Waals surface area contributed by atoms with Crippen LogP contribution in [0.15, 0.2) is 24.3 Å². The Kier molecular flexibility index (Phi) is 4.98. The highest BCUT2D eigenvalue weighted by molar-refractivity contribution is 5.94. The number of hydrogen-bond acceptors (Lipinski definition) is 4. The lowest BCUT2D eigenvalue weighted by Gasteiger charge is -2.36. The fraction of sp³-hybridized carbons (Fsp3) is 0.619.